The molecule has 0 aliphatic carbocycles. The summed E-state index contributed by atoms with van der Waals surface area (Å²) in [5.74, 6) is 0.446. The predicted molar refractivity (Wildman–Crippen MR) is 117 cm³/mol. The van der Waals surface area contributed by atoms with Crippen LogP contribution in [0.2, 0.25) is 5.02 Å². The molecule has 29 heavy (non-hydrogen) atoms. The topological polar surface area (TPSA) is 64.3 Å². The van der Waals surface area contributed by atoms with Crippen LogP contribution in [-0.4, -0.2) is 14.6 Å². The van der Waals surface area contributed by atoms with Gasteiger partial charge in [-0.3, -0.25) is 9.59 Å². The van der Waals surface area contributed by atoms with Crippen LogP contribution in [0.15, 0.2) is 58.1 Å². The Hall–Kier alpha value is -2.83. The molecule has 4 aromatic rings. The summed E-state index contributed by atoms with van der Waals surface area (Å²) in [6.07, 6.45) is 2.09. The Kier molecular flexibility index (Phi) is 5.30. The molecule has 2 aromatic carbocycles. The average Bonchev–Trinajstić information content (AvgIpc) is 2.99. The Morgan fingerprint density at radius 2 is 1.76 bits per heavy atom. The maximum Gasteiger partial charge on any atom is 0.296 e. The van der Waals surface area contributed by atoms with Crippen LogP contribution < -0.4 is 15.7 Å². The molecular weight excluding hydrogens is 406 g/mol. The summed E-state index contributed by atoms with van der Waals surface area (Å²) < 4.78 is 1.70. The van der Waals surface area contributed by atoms with E-state index < -0.39 is 5.56 Å². The third-order valence-electron chi connectivity index (χ3n) is 4.64. The molecule has 0 bridgehead atoms. The quantitative estimate of drug-likeness (QED) is 0.504. The largest absolute Gasteiger partial charge is 0.296 e. The van der Waals surface area contributed by atoms with E-state index in [1.807, 2.05) is 24.3 Å². The van der Waals surface area contributed by atoms with E-state index in [0.29, 0.717) is 20.4 Å². The molecule has 0 unspecified atom stereocenters. The number of nitrogens with zero attached hydrogens (tertiary/aromatic N) is 3. The number of hydrogen-bond donors (Lipinski definition) is 0. The molecule has 5 nitrogen and oxygen atoms in total. The van der Waals surface area contributed by atoms with Gasteiger partial charge in [0.1, 0.15) is 5.69 Å². The first kappa shape index (κ1) is 19.5. The Balaban J connectivity index is 1.74. The lowest BCUT2D eigenvalue weighted by atomic mass is 10.0. The van der Waals surface area contributed by atoms with Crippen LogP contribution in [0.3, 0.4) is 0 Å². The number of benzene rings is 2. The molecule has 0 radical (unpaired) electrons. The highest BCUT2D eigenvalue weighted by atomic mass is 35.5. The predicted octanol–water partition coefficient (Wildman–Crippen LogP) is 3.43. The van der Waals surface area contributed by atoms with Crippen LogP contribution in [0, 0.1) is 0 Å². The van der Waals surface area contributed by atoms with Gasteiger partial charge in [0, 0.05) is 11.4 Å². The number of aromatic nitrogens is 3. The number of rotatable bonds is 4. The van der Waals surface area contributed by atoms with Crippen molar-refractivity contribution in [1.29, 1.82) is 0 Å². The molecule has 0 spiro atoms. The molecule has 0 aliphatic rings. The number of fused-ring (bicyclic) bond motifs is 1. The summed E-state index contributed by atoms with van der Waals surface area (Å²) in [6.45, 7) is 4.27. The summed E-state index contributed by atoms with van der Waals surface area (Å²) in [7, 11) is 0. The minimum atomic E-state index is -0.422. The molecule has 0 atom stereocenters. The SMILES string of the molecule is CC(C)c1ccc(/C=c2\sc3nc(=O)c(Cc4ccc(Cl)cc4)nn3c2=O)cc1. The van der Waals surface area contributed by atoms with Crippen molar-refractivity contribution >= 4 is 34.0 Å². The van der Waals surface area contributed by atoms with Crippen LogP contribution in [0.4, 0.5) is 0 Å². The van der Waals surface area contributed by atoms with Crippen molar-refractivity contribution in [2.45, 2.75) is 26.2 Å². The summed E-state index contributed by atoms with van der Waals surface area (Å²) in [5, 5.41) is 4.90. The summed E-state index contributed by atoms with van der Waals surface area (Å²) in [5.41, 5.74) is 2.56. The Bertz CT molecular complexity index is 1340. The van der Waals surface area contributed by atoms with Crippen LogP contribution in [0.1, 0.15) is 42.1 Å². The van der Waals surface area contributed by atoms with Gasteiger partial charge in [-0.25, -0.2) is 0 Å². The van der Waals surface area contributed by atoms with Crippen LogP contribution in [-0.2, 0) is 6.42 Å². The van der Waals surface area contributed by atoms with E-state index in [-0.39, 0.29) is 17.7 Å². The molecule has 0 N–H and O–H groups in total. The van der Waals surface area contributed by atoms with Gasteiger partial charge >= 0.3 is 0 Å². The molecule has 7 heteroatoms. The molecule has 4 rings (SSSR count). The lowest BCUT2D eigenvalue weighted by Crippen LogP contribution is -2.28. The lowest BCUT2D eigenvalue weighted by Gasteiger charge is -2.04. The summed E-state index contributed by atoms with van der Waals surface area (Å²) >= 11 is 7.06. The average molecular weight is 424 g/mol. The van der Waals surface area contributed by atoms with Crippen molar-refractivity contribution in [1.82, 2.24) is 14.6 Å². The highest BCUT2D eigenvalue weighted by Crippen LogP contribution is 2.15. The standard InChI is InChI=1S/C22H18ClN3O2S/c1-13(2)16-7-3-15(4-8-16)12-19-21(28)26-22(29-19)24-20(27)18(25-26)11-14-5-9-17(23)10-6-14/h3-10,12-13H,11H2,1-2H3/b19-12-. The van der Waals surface area contributed by atoms with E-state index in [1.165, 1.54) is 10.1 Å². The van der Waals surface area contributed by atoms with Gasteiger partial charge in [0.2, 0.25) is 4.96 Å². The van der Waals surface area contributed by atoms with E-state index in [0.717, 1.165) is 22.5 Å². The van der Waals surface area contributed by atoms with Crippen molar-refractivity contribution in [3.05, 3.63) is 101 Å². The van der Waals surface area contributed by atoms with Crippen LogP contribution in [0.5, 0.6) is 0 Å². The molecule has 2 aromatic heterocycles. The fraction of sp³-hybridized carbons (Fsp3) is 0.182. The first-order valence-electron chi connectivity index (χ1n) is 9.19. The number of halogens is 1. The third-order valence-corrected chi connectivity index (χ3v) is 5.85. The molecule has 0 fully saturated rings. The van der Waals surface area contributed by atoms with Gasteiger partial charge in [0.25, 0.3) is 11.1 Å². The fourth-order valence-corrected chi connectivity index (χ4v) is 4.01. The molecule has 0 amide bonds. The highest BCUT2D eigenvalue weighted by molar-refractivity contribution is 7.15. The van der Waals surface area contributed by atoms with Gasteiger partial charge in [0.15, 0.2) is 0 Å². The third kappa shape index (κ3) is 4.13. The van der Waals surface area contributed by atoms with Crippen molar-refractivity contribution in [2.24, 2.45) is 0 Å². The van der Waals surface area contributed by atoms with Crippen LogP contribution >= 0.6 is 22.9 Å². The second-order valence-corrected chi connectivity index (χ2v) is 8.54. The van der Waals surface area contributed by atoms with Gasteiger partial charge in [-0.1, -0.05) is 73.2 Å². The first-order chi connectivity index (χ1) is 13.9. The zero-order chi connectivity index (χ0) is 20.5. The van der Waals surface area contributed by atoms with E-state index in [9.17, 15) is 9.59 Å². The molecular formula is C22H18ClN3O2S. The maximum absolute atomic E-state index is 12.8. The monoisotopic (exact) mass is 423 g/mol. The van der Waals surface area contributed by atoms with Gasteiger partial charge in [-0.2, -0.15) is 14.6 Å². The highest BCUT2D eigenvalue weighted by Gasteiger charge is 2.12. The van der Waals surface area contributed by atoms with Gasteiger partial charge in [-0.05, 0) is 40.8 Å². The van der Waals surface area contributed by atoms with Crippen molar-refractivity contribution in [3.63, 3.8) is 0 Å². The Morgan fingerprint density at radius 1 is 1.07 bits per heavy atom. The summed E-state index contributed by atoms with van der Waals surface area (Å²) in [6, 6.07) is 15.2. The van der Waals surface area contributed by atoms with Crippen molar-refractivity contribution in [2.75, 3.05) is 0 Å². The molecule has 146 valence electrons. The van der Waals surface area contributed by atoms with Crippen molar-refractivity contribution in [3.8, 4) is 0 Å². The van der Waals surface area contributed by atoms with E-state index >= 15 is 0 Å². The van der Waals surface area contributed by atoms with E-state index in [2.05, 4.69) is 36.1 Å². The van der Waals surface area contributed by atoms with Crippen molar-refractivity contribution < 1.29 is 0 Å². The van der Waals surface area contributed by atoms with E-state index in [1.54, 1.807) is 18.2 Å². The zero-order valence-electron chi connectivity index (χ0n) is 15.9. The van der Waals surface area contributed by atoms with Crippen LogP contribution in [0.25, 0.3) is 11.0 Å². The minimum Gasteiger partial charge on any atom is -0.266 e. The summed E-state index contributed by atoms with van der Waals surface area (Å²) in [4.78, 5) is 29.5. The fourth-order valence-electron chi connectivity index (χ4n) is 2.98. The minimum absolute atomic E-state index is 0.229. The molecule has 0 aliphatic heterocycles. The molecule has 0 saturated carbocycles. The maximum atomic E-state index is 12.8. The molecule has 2 heterocycles. The normalized spacial score (nSPS) is 12.2. The Labute approximate surface area is 175 Å². The second-order valence-electron chi connectivity index (χ2n) is 7.10. The lowest BCUT2D eigenvalue weighted by molar-refractivity contribution is 0.811. The molecule has 0 saturated heterocycles. The zero-order valence-corrected chi connectivity index (χ0v) is 17.5. The number of hydrogen-bond acceptors (Lipinski definition) is 5. The smallest absolute Gasteiger partial charge is 0.266 e. The number of thiazole rings is 1. The Morgan fingerprint density at radius 3 is 2.41 bits per heavy atom. The van der Waals surface area contributed by atoms with E-state index in [4.69, 9.17) is 11.6 Å². The first-order valence-corrected chi connectivity index (χ1v) is 10.4. The second kappa shape index (κ2) is 7.89. The van der Waals surface area contributed by atoms with Gasteiger partial charge < -0.3 is 0 Å². The van der Waals surface area contributed by atoms with Gasteiger partial charge in [-0.15, -0.1) is 0 Å². The van der Waals surface area contributed by atoms with Gasteiger partial charge in [0.05, 0.1) is 4.53 Å².